The van der Waals surface area contributed by atoms with Gasteiger partial charge in [-0.05, 0) is 96.7 Å². The van der Waals surface area contributed by atoms with Crippen LogP contribution in [0.5, 0.6) is 0 Å². The largest absolute Gasteiger partial charge is 0.394 e. The number of carbonyl (C=O) groups is 1. The fourth-order valence-electron chi connectivity index (χ4n) is 15.9. The van der Waals surface area contributed by atoms with E-state index in [1.807, 2.05) is 13.8 Å². The van der Waals surface area contributed by atoms with E-state index >= 15 is 0 Å². The Morgan fingerprint density at radius 3 is 1.78 bits per heavy atom. The number of carbonyl (C=O) groups excluding carboxylic acids is 1. The average molecular weight is 961 g/mol. The lowest BCUT2D eigenvalue weighted by molar-refractivity contribution is -0.391. The van der Waals surface area contributed by atoms with E-state index in [9.17, 15) is 66.1 Å². The molecule has 3 heterocycles. The summed E-state index contributed by atoms with van der Waals surface area (Å²) in [6.07, 6.45) is -20.6. The van der Waals surface area contributed by atoms with Gasteiger partial charge in [-0.2, -0.15) is 0 Å². The van der Waals surface area contributed by atoms with Crippen molar-refractivity contribution >= 4 is 5.78 Å². The highest BCUT2D eigenvalue weighted by Crippen LogP contribution is 2.89. The fourth-order valence-corrected chi connectivity index (χ4v) is 15.9. The minimum Gasteiger partial charge on any atom is -0.394 e. The van der Waals surface area contributed by atoms with Crippen molar-refractivity contribution in [2.45, 2.75) is 217 Å². The standard InChI is InChI=1S/C48H80O19/c1-20(2)22(52)9-8-21(3)31-23(53)14-45(6)28-11-10-27-44(4,5)30(12-13-47(27)19-48(28,47)15-29(54)46(31,45)7)65-43-40(36(59)33(56)25(17-50)64-43)67-42-38(61)39(34(57)26(18-51)63-42)66-41-37(60)35(58)32(55)24(16-49)62-41/h20-21,23-43,49-51,53-61H,8-19H2,1-7H3/t21-,23+,24-,25-,26-,27+,28+,29+,30+,31+,32-,33-,34-,35+,36+,37-,38-,39+,40-,41+,42+,43+,45+,46-,47-,48+/m1/s1. The summed E-state index contributed by atoms with van der Waals surface area (Å²) in [5, 5.41) is 131. The molecule has 67 heavy (non-hydrogen) atoms. The van der Waals surface area contributed by atoms with E-state index in [0.29, 0.717) is 32.1 Å². The zero-order valence-corrected chi connectivity index (χ0v) is 40.0. The number of ether oxygens (including phenoxy) is 6. The maximum Gasteiger partial charge on any atom is 0.187 e. The molecule has 26 atom stereocenters. The second kappa shape index (κ2) is 18.8. The first-order valence-corrected chi connectivity index (χ1v) is 24.8. The lowest BCUT2D eigenvalue weighted by Crippen LogP contribution is -2.67. The van der Waals surface area contributed by atoms with E-state index in [2.05, 4.69) is 34.6 Å². The maximum absolute atomic E-state index is 12.7. The zero-order valence-electron chi connectivity index (χ0n) is 40.0. The molecule has 0 aromatic heterocycles. The minimum atomic E-state index is -1.94. The SMILES string of the molecule is CC(C)C(=O)CC[C@@H](C)[C@H]1[C@@H](O)C[C@@]2(C)[C@@H]3CC[C@H]4C(C)(C)[C@@H](O[C@@H]5O[C@H](CO)[C@@H](O)[C@H](O)[C@H]5O[C@@H]5O[C@H](CO)[C@@H](O)[C@H](O[C@@H]6O[C@H](CO)[C@@H](O)[C@H](O)[C@H]6O)[C@H]5O)CC[C@@]45C[C@@]35C[C@H](O)[C@]12C. The van der Waals surface area contributed by atoms with E-state index in [1.165, 1.54) is 0 Å². The van der Waals surface area contributed by atoms with Crippen LogP contribution in [0, 0.1) is 56.7 Å². The Labute approximate surface area is 392 Å². The molecule has 0 aromatic rings. The molecule has 3 aliphatic heterocycles. The average Bonchev–Trinajstić information content (AvgIpc) is 3.88. The summed E-state index contributed by atoms with van der Waals surface area (Å²) in [5.74, 6) is 0.456. The van der Waals surface area contributed by atoms with Crippen molar-refractivity contribution in [1.29, 1.82) is 0 Å². The van der Waals surface area contributed by atoms with Gasteiger partial charge in [0, 0.05) is 17.8 Å². The molecule has 5 saturated carbocycles. The Bertz CT molecular complexity index is 1750. The quantitative estimate of drug-likeness (QED) is 0.0914. The summed E-state index contributed by atoms with van der Waals surface area (Å²) < 4.78 is 36.1. The van der Waals surface area contributed by atoms with Crippen molar-refractivity contribution in [1.82, 2.24) is 0 Å². The van der Waals surface area contributed by atoms with E-state index < -0.39 is 141 Å². The third kappa shape index (κ3) is 8.04. The predicted octanol–water partition coefficient (Wildman–Crippen LogP) is -1.16. The topological polar surface area (TPSA) is 315 Å². The van der Waals surface area contributed by atoms with Gasteiger partial charge in [-0.25, -0.2) is 0 Å². The smallest absolute Gasteiger partial charge is 0.187 e. The number of ketones is 1. The van der Waals surface area contributed by atoms with Crippen LogP contribution in [-0.2, 0) is 33.2 Å². The van der Waals surface area contributed by atoms with E-state index in [4.69, 9.17) is 28.4 Å². The molecule has 0 unspecified atom stereocenters. The van der Waals surface area contributed by atoms with Crippen molar-refractivity contribution in [2.24, 2.45) is 56.7 Å². The van der Waals surface area contributed by atoms with Gasteiger partial charge in [0.15, 0.2) is 18.9 Å². The van der Waals surface area contributed by atoms with E-state index in [-0.39, 0.29) is 51.6 Å². The van der Waals surface area contributed by atoms with Crippen LogP contribution in [0.4, 0.5) is 0 Å². The zero-order chi connectivity index (χ0) is 49.1. The molecule has 0 radical (unpaired) electrons. The van der Waals surface area contributed by atoms with Crippen LogP contribution >= 0.6 is 0 Å². The lowest BCUT2D eigenvalue weighted by atomic mass is 9.41. The van der Waals surface area contributed by atoms with Crippen LogP contribution < -0.4 is 0 Å². The van der Waals surface area contributed by atoms with E-state index in [0.717, 1.165) is 25.7 Å². The number of hydrogen-bond acceptors (Lipinski definition) is 19. The predicted molar refractivity (Wildman–Crippen MR) is 232 cm³/mol. The van der Waals surface area contributed by atoms with Gasteiger partial charge in [-0.3, -0.25) is 4.79 Å². The van der Waals surface area contributed by atoms with Gasteiger partial charge in [0.1, 0.15) is 79.0 Å². The van der Waals surface area contributed by atoms with Crippen molar-refractivity contribution in [2.75, 3.05) is 19.8 Å². The van der Waals surface area contributed by atoms with Crippen LogP contribution in [0.2, 0.25) is 0 Å². The molecule has 8 rings (SSSR count). The summed E-state index contributed by atoms with van der Waals surface area (Å²) in [7, 11) is 0. The second-order valence-corrected chi connectivity index (χ2v) is 23.3. The van der Waals surface area contributed by atoms with Gasteiger partial charge in [0.2, 0.25) is 0 Å². The molecule has 5 aliphatic carbocycles. The first-order valence-electron chi connectivity index (χ1n) is 24.8. The van der Waals surface area contributed by atoms with Gasteiger partial charge in [-0.15, -0.1) is 0 Å². The minimum absolute atomic E-state index is 0.0473. The van der Waals surface area contributed by atoms with Gasteiger partial charge in [-0.1, -0.05) is 48.5 Å². The molecule has 8 fully saturated rings. The molecular weight excluding hydrogens is 881 g/mol. The first-order chi connectivity index (χ1) is 31.4. The van der Waals surface area contributed by atoms with Crippen molar-refractivity contribution in [3.63, 3.8) is 0 Å². The molecule has 2 spiro atoms. The third-order valence-corrected chi connectivity index (χ3v) is 19.6. The van der Waals surface area contributed by atoms with E-state index in [1.54, 1.807) is 0 Å². The Kier molecular flexibility index (Phi) is 14.6. The monoisotopic (exact) mass is 961 g/mol. The number of aliphatic hydroxyl groups excluding tert-OH is 12. The van der Waals surface area contributed by atoms with Crippen LogP contribution in [0.3, 0.4) is 0 Å². The second-order valence-electron chi connectivity index (χ2n) is 23.3. The number of Topliss-reactive ketones (excluding diaryl/α,β-unsaturated/α-hetero) is 1. The van der Waals surface area contributed by atoms with Gasteiger partial charge < -0.3 is 89.7 Å². The molecule has 0 aromatic carbocycles. The molecule has 0 bridgehead atoms. The summed E-state index contributed by atoms with van der Waals surface area (Å²) in [6, 6.07) is 0. The van der Waals surface area contributed by atoms with Crippen molar-refractivity contribution < 1.29 is 94.5 Å². The van der Waals surface area contributed by atoms with Crippen molar-refractivity contribution in [3.8, 4) is 0 Å². The maximum atomic E-state index is 12.7. The highest BCUT2D eigenvalue weighted by atomic mass is 16.8. The van der Waals surface area contributed by atoms with Crippen LogP contribution in [0.25, 0.3) is 0 Å². The normalized spacial score (nSPS) is 54.1. The molecule has 12 N–H and O–H groups in total. The van der Waals surface area contributed by atoms with Gasteiger partial charge in [0.25, 0.3) is 0 Å². The Hall–Kier alpha value is -1.05. The number of aliphatic hydroxyl groups is 12. The highest BCUT2D eigenvalue weighted by molar-refractivity contribution is 5.80. The molecule has 19 heteroatoms. The van der Waals surface area contributed by atoms with Crippen LogP contribution in [0.15, 0.2) is 0 Å². The molecule has 3 saturated heterocycles. The Balaban J connectivity index is 1.00. The van der Waals surface area contributed by atoms with Crippen LogP contribution in [0.1, 0.15) is 106 Å². The molecule has 386 valence electrons. The molecule has 0 amide bonds. The van der Waals surface area contributed by atoms with Gasteiger partial charge >= 0.3 is 0 Å². The summed E-state index contributed by atoms with van der Waals surface area (Å²) in [4.78, 5) is 12.7. The summed E-state index contributed by atoms with van der Waals surface area (Å²) >= 11 is 0. The summed E-state index contributed by atoms with van der Waals surface area (Å²) in [5.41, 5.74) is -1.66. The summed E-state index contributed by atoms with van der Waals surface area (Å²) in [6.45, 7) is 12.4. The number of hydrogen-bond donors (Lipinski definition) is 12. The Morgan fingerprint density at radius 1 is 0.612 bits per heavy atom. The first kappa shape index (κ1) is 52.3. The lowest BCUT2D eigenvalue weighted by Gasteiger charge is -2.64. The Morgan fingerprint density at radius 2 is 1.16 bits per heavy atom. The fraction of sp³-hybridized carbons (Fsp3) is 0.979. The van der Waals surface area contributed by atoms with Gasteiger partial charge in [0.05, 0.1) is 38.1 Å². The van der Waals surface area contributed by atoms with Crippen molar-refractivity contribution in [3.05, 3.63) is 0 Å². The third-order valence-electron chi connectivity index (χ3n) is 19.6. The molecular formula is C48H80O19. The molecule has 19 nitrogen and oxygen atoms in total. The highest BCUT2D eigenvalue weighted by Gasteiger charge is 2.84. The number of rotatable bonds is 14. The molecule has 8 aliphatic rings. The van der Waals surface area contributed by atoms with Crippen LogP contribution in [-0.4, -0.2) is 197 Å². The number of fused-ring (bicyclic) bond motifs is 2.